The molecule has 22 heavy (non-hydrogen) atoms. The maximum absolute atomic E-state index is 13.7. The molecule has 0 spiro atoms. The molecule has 0 unspecified atom stereocenters. The lowest BCUT2D eigenvalue weighted by Crippen LogP contribution is -2.20. The van der Waals surface area contributed by atoms with E-state index >= 15 is 0 Å². The molecule has 0 radical (unpaired) electrons. The highest BCUT2D eigenvalue weighted by Gasteiger charge is 2.09. The summed E-state index contributed by atoms with van der Waals surface area (Å²) in [6.45, 7) is 0. The van der Waals surface area contributed by atoms with Gasteiger partial charge in [0.15, 0.2) is 5.11 Å². The Labute approximate surface area is 146 Å². The van der Waals surface area contributed by atoms with E-state index < -0.39 is 15.8 Å². The van der Waals surface area contributed by atoms with E-state index in [2.05, 4.69) is 10.6 Å². The van der Waals surface area contributed by atoms with E-state index in [9.17, 15) is 12.8 Å². The van der Waals surface area contributed by atoms with Gasteiger partial charge in [0.2, 0.25) is 10.0 Å². The number of thiocarbonyl (C=S) groups is 1. The van der Waals surface area contributed by atoms with Crippen LogP contribution in [0, 0.1) is 9.39 Å². The summed E-state index contributed by atoms with van der Waals surface area (Å²) in [6, 6.07) is 10.5. The molecule has 0 heterocycles. The molecule has 116 valence electrons. The number of sulfonamides is 1. The molecular formula is C13H11FIN3O2S2. The number of rotatable bonds is 3. The van der Waals surface area contributed by atoms with Crippen LogP contribution >= 0.6 is 34.8 Å². The van der Waals surface area contributed by atoms with Crippen molar-refractivity contribution in [1.29, 1.82) is 0 Å². The molecule has 0 aromatic heterocycles. The van der Waals surface area contributed by atoms with E-state index in [1.54, 1.807) is 18.2 Å². The normalized spacial score (nSPS) is 11.0. The Morgan fingerprint density at radius 2 is 1.91 bits per heavy atom. The molecule has 2 aromatic rings. The number of primary sulfonamides is 1. The van der Waals surface area contributed by atoms with Gasteiger partial charge in [0, 0.05) is 9.26 Å². The largest absolute Gasteiger partial charge is 0.332 e. The molecule has 0 saturated carbocycles. The minimum Gasteiger partial charge on any atom is -0.332 e. The number of nitrogens with two attached hydrogens (primary N) is 1. The summed E-state index contributed by atoms with van der Waals surface area (Å²) in [5, 5.41) is 10.7. The van der Waals surface area contributed by atoms with Gasteiger partial charge < -0.3 is 10.6 Å². The standard InChI is InChI=1S/C13H11FIN3O2S2/c14-11-6-8(15)4-5-12(11)18-13(21)17-9-2-1-3-10(7-9)22(16,19)20/h1-7H,(H2,16,19,20)(H2,17,18,21). The molecular weight excluding hydrogens is 440 g/mol. The fourth-order valence-electron chi connectivity index (χ4n) is 1.63. The number of nitrogens with one attached hydrogen (secondary N) is 2. The van der Waals surface area contributed by atoms with Crippen molar-refractivity contribution >= 4 is 61.3 Å². The summed E-state index contributed by atoms with van der Waals surface area (Å²) < 4.78 is 37.1. The smallest absolute Gasteiger partial charge is 0.238 e. The van der Waals surface area contributed by atoms with E-state index in [0.717, 1.165) is 3.57 Å². The highest BCUT2D eigenvalue weighted by Crippen LogP contribution is 2.18. The SMILES string of the molecule is NS(=O)(=O)c1cccc(NC(=S)Nc2ccc(I)cc2F)c1. The van der Waals surface area contributed by atoms with Gasteiger partial charge in [-0.1, -0.05) is 6.07 Å². The second-order valence-corrected chi connectivity index (χ2v) is 7.49. The molecule has 4 N–H and O–H groups in total. The zero-order valence-electron chi connectivity index (χ0n) is 11.0. The molecule has 0 fully saturated rings. The molecule has 0 aliphatic carbocycles. The van der Waals surface area contributed by atoms with Crippen molar-refractivity contribution in [2.45, 2.75) is 4.90 Å². The zero-order chi connectivity index (χ0) is 16.3. The first-order chi connectivity index (χ1) is 10.3. The van der Waals surface area contributed by atoms with Crippen LogP contribution in [0.5, 0.6) is 0 Å². The molecule has 5 nitrogen and oxygen atoms in total. The van der Waals surface area contributed by atoms with Crippen molar-refractivity contribution in [3.8, 4) is 0 Å². The van der Waals surface area contributed by atoms with E-state index in [4.69, 9.17) is 17.4 Å². The Balaban J connectivity index is 2.12. The lowest BCUT2D eigenvalue weighted by Gasteiger charge is -2.12. The number of hydrogen-bond acceptors (Lipinski definition) is 3. The summed E-state index contributed by atoms with van der Waals surface area (Å²) in [6.07, 6.45) is 0. The Kier molecular flexibility index (Phi) is 5.32. The minimum atomic E-state index is -3.80. The molecule has 2 aromatic carbocycles. The first-order valence-corrected chi connectivity index (χ1v) is 8.95. The van der Waals surface area contributed by atoms with Gasteiger partial charge in [-0.05, 0) is 71.2 Å². The molecule has 0 aliphatic heterocycles. The highest BCUT2D eigenvalue weighted by atomic mass is 127. The highest BCUT2D eigenvalue weighted by molar-refractivity contribution is 14.1. The summed E-state index contributed by atoms with van der Waals surface area (Å²) in [5.41, 5.74) is 0.649. The van der Waals surface area contributed by atoms with Crippen LogP contribution in [0.15, 0.2) is 47.4 Å². The monoisotopic (exact) mass is 451 g/mol. The molecule has 0 saturated heterocycles. The summed E-state index contributed by atoms with van der Waals surface area (Å²) in [5.74, 6) is -0.436. The first-order valence-electron chi connectivity index (χ1n) is 5.91. The van der Waals surface area contributed by atoms with Crippen LogP contribution < -0.4 is 15.8 Å². The van der Waals surface area contributed by atoms with E-state index in [-0.39, 0.29) is 15.7 Å². The number of hydrogen-bond donors (Lipinski definition) is 3. The maximum Gasteiger partial charge on any atom is 0.238 e. The Hall–Kier alpha value is -1.30. The second kappa shape index (κ2) is 6.86. The Bertz CT molecular complexity index is 828. The Morgan fingerprint density at radius 3 is 2.55 bits per heavy atom. The number of benzene rings is 2. The van der Waals surface area contributed by atoms with Gasteiger partial charge in [-0.25, -0.2) is 17.9 Å². The van der Waals surface area contributed by atoms with E-state index in [1.165, 1.54) is 24.3 Å². The van der Waals surface area contributed by atoms with Crippen molar-refractivity contribution in [3.63, 3.8) is 0 Å². The zero-order valence-corrected chi connectivity index (χ0v) is 14.8. The molecule has 0 atom stereocenters. The van der Waals surface area contributed by atoms with Crippen LogP contribution in [0.25, 0.3) is 0 Å². The fourth-order valence-corrected chi connectivity index (χ4v) is 2.87. The van der Waals surface area contributed by atoms with Crippen LogP contribution in [0.4, 0.5) is 15.8 Å². The van der Waals surface area contributed by atoms with Crippen molar-refractivity contribution in [1.82, 2.24) is 0 Å². The molecule has 0 amide bonds. The predicted octanol–water partition coefficient (Wildman–Crippen LogP) is 2.89. The molecule has 0 bridgehead atoms. The third kappa shape index (κ3) is 4.60. The van der Waals surface area contributed by atoms with Gasteiger partial charge >= 0.3 is 0 Å². The van der Waals surface area contributed by atoms with Crippen LogP contribution in [-0.4, -0.2) is 13.5 Å². The van der Waals surface area contributed by atoms with Crippen LogP contribution in [-0.2, 0) is 10.0 Å². The number of halogens is 2. The van der Waals surface area contributed by atoms with Crippen LogP contribution in [0.2, 0.25) is 0 Å². The van der Waals surface area contributed by atoms with E-state index in [0.29, 0.717) is 5.69 Å². The van der Waals surface area contributed by atoms with Crippen LogP contribution in [0.3, 0.4) is 0 Å². The fraction of sp³-hybridized carbons (Fsp3) is 0. The first kappa shape index (κ1) is 17.1. The van der Waals surface area contributed by atoms with Crippen molar-refractivity contribution in [3.05, 3.63) is 51.9 Å². The molecule has 9 heteroatoms. The minimum absolute atomic E-state index is 0.0410. The van der Waals surface area contributed by atoms with Gasteiger partial charge in [0.1, 0.15) is 5.82 Å². The van der Waals surface area contributed by atoms with E-state index in [1.807, 2.05) is 22.6 Å². The van der Waals surface area contributed by atoms with Crippen molar-refractivity contribution in [2.24, 2.45) is 5.14 Å². The Morgan fingerprint density at radius 1 is 1.18 bits per heavy atom. The quantitative estimate of drug-likeness (QED) is 0.494. The lowest BCUT2D eigenvalue weighted by molar-refractivity contribution is 0.598. The lowest BCUT2D eigenvalue weighted by atomic mass is 10.3. The topological polar surface area (TPSA) is 84.2 Å². The average Bonchev–Trinajstić information content (AvgIpc) is 2.41. The molecule has 2 rings (SSSR count). The number of anilines is 2. The maximum atomic E-state index is 13.7. The third-order valence-electron chi connectivity index (χ3n) is 2.60. The van der Waals surface area contributed by atoms with Gasteiger partial charge in [-0.2, -0.15) is 0 Å². The second-order valence-electron chi connectivity index (χ2n) is 4.28. The summed E-state index contributed by atoms with van der Waals surface area (Å²) in [7, 11) is -3.80. The predicted molar refractivity (Wildman–Crippen MR) is 96.8 cm³/mol. The van der Waals surface area contributed by atoms with Crippen LogP contribution in [0.1, 0.15) is 0 Å². The summed E-state index contributed by atoms with van der Waals surface area (Å²) in [4.78, 5) is -0.0410. The van der Waals surface area contributed by atoms with Gasteiger partial charge in [0.25, 0.3) is 0 Å². The third-order valence-corrected chi connectivity index (χ3v) is 4.39. The average molecular weight is 451 g/mol. The summed E-state index contributed by atoms with van der Waals surface area (Å²) >= 11 is 7.08. The molecule has 0 aliphatic rings. The van der Waals surface area contributed by atoms with Gasteiger partial charge in [-0.3, -0.25) is 0 Å². The van der Waals surface area contributed by atoms with Crippen molar-refractivity contribution in [2.75, 3.05) is 10.6 Å². The van der Waals surface area contributed by atoms with Crippen molar-refractivity contribution < 1.29 is 12.8 Å². The van der Waals surface area contributed by atoms with Gasteiger partial charge in [-0.15, -0.1) is 0 Å². The van der Waals surface area contributed by atoms with Gasteiger partial charge in [0.05, 0.1) is 10.6 Å².